The number of amides is 2. The fourth-order valence-electron chi connectivity index (χ4n) is 2.46. The van der Waals surface area contributed by atoms with Crippen LogP contribution in [0.5, 0.6) is 0 Å². The number of hydrogen-bond acceptors (Lipinski definition) is 3. The Balaban J connectivity index is 1.61. The molecule has 0 spiro atoms. The number of aromatic nitrogens is 1. The second-order valence-electron chi connectivity index (χ2n) is 6.26. The van der Waals surface area contributed by atoms with E-state index >= 15 is 0 Å². The van der Waals surface area contributed by atoms with E-state index in [1.807, 2.05) is 42.5 Å². The molecule has 3 rings (SSSR count). The van der Waals surface area contributed by atoms with Crippen molar-refractivity contribution >= 4 is 11.7 Å². The van der Waals surface area contributed by atoms with E-state index in [0.29, 0.717) is 23.8 Å². The maximum absolute atomic E-state index is 12.2. The number of aliphatic hydroxyl groups is 1. The average Bonchev–Trinajstić information content (AvgIpc) is 3.46. The van der Waals surface area contributed by atoms with Gasteiger partial charge in [-0.2, -0.15) is 0 Å². The molecule has 1 saturated carbocycles. The van der Waals surface area contributed by atoms with E-state index in [1.165, 1.54) is 4.90 Å². The fourth-order valence-corrected chi connectivity index (χ4v) is 2.46. The van der Waals surface area contributed by atoms with Crippen molar-refractivity contribution in [3.8, 4) is 11.8 Å². The summed E-state index contributed by atoms with van der Waals surface area (Å²) in [7, 11) is 1.69. The summed E-state index contributed by atoms with van der Waals surface area (Å²) in [6, 6.07) is 12.7. The van der Waals surface area contributed by atoms with Crippen LogP contribution in [0.15, 0.2) is 48.7 Å². The summed E-state index contributed by atoms with van der Waals surface area (Å²) in [6.45, 7) is 0.343. The minimum Gasteiger partial charge on any atom is -0.391 e. The van der Waals surface area contributed by atoms with Crippen LogP contribution in [-0.4, -0.2) is 40.7 Å². The zero-order valence-corrected chi connectivity index (χ0v) is 14.1. The molecule has 0 saturated heterocycles. The number of carbonyl (C=O) groups is 1. The normalized spacial score (nSPS) is 14.2. The highest BCUT2D eigenvalue weighted by atomic mass is 16.3. The maximum atomic E-state index is 12.2. The van der Waals surface area contributed by atoms with Crippen molar-refractivity contribution in [1.82, 2.24) is 9.88 Å². The molecule has 1 heterocycles. The molecule has 2 N–H and O–H groups in total. The van der Waals surface area contributed by atoms with Gasteiger partial charge in [-0.15, -0.1) is 0 Å². The van der Waals surface area contributed by atoms with Gasteiger partial charge in [0, 0.05) is 31.0 Å². The van der Waals surface area contributed by atoms with Crippen LogP contribution in [0.4, 0.5) is 10.5 Å². The first kappa shape index (κ1) is 17.0. The molecule has 1 unspecified atom stereocenters. The number of benzene rings is 1. The lowest BCUT2D eigenvalue weighted by Gasteiger charge is -2.21. The summed E-state index contributed by atoms with van der Waals surface area (Å²) < 4.78 is 0. The number of aliphatic hydroxyl groups excluding tert-OH is 1. The summed E-state index contributed by atoms with van der Waals surface area (Å²) in [5.74, 6) is 6.38. The highest BCUT2D eigenvalue weighted by Crippen LogP contribution is 2.32. The number of hydrogen-bond donors (Lipinski definition) is 2. The number of pyridine rings is 1. The van der Waals surface area contributed by atoms with E-state index in [4.69, 9.17) is 0 Å². The fraction of sp³-hybridized carbons (Fsp3) is 0.300. The molecule has 0 radical (unpaired) electrons. The van der Waals surface area contributed by atoms with Crippen molar-refractivity contribution < 1.29 is 9.90 Å². The van der Waals surface area contributed by atoms with Crippen molar-refractivity contribution in [2.45, 2.75) is 18.9 Å². The Morgan fingerprint density at radius 3 is 2.88 bits per heavy atom. The zero-order chi connectivity index (χ0) is 17.6. The summed E-state index contributed by atoms with van der Waals surface area (Å²) in [6.07, 6.45) is 3.36. The van der Waals surface area contributed by atoms with Crippen LogP contribution < -0.4 is 5.32 Å². The van der Waals surface area contributed by atoms with Gasteiger partial charge in [0.2, 0.25) is 0 Å². The van der Waals surface area contributed by atoms with Crippen LogP contribution in [0, 0.1) is 17.8 Å². The number of carbonyl (C=O) groups excluding carboxylic acids is 1. The summed E-state index contributed by atoms with van der Waals surface area (Å²) in [4.78, 5) is 17.9. The van der Waals surface area contributed by atoms with Crippen molar-refractivity contribution in [1.29, 1.82) is 0 Å². The van der Waals surface area contributed by atoms with Gasteiger partial charge < -0.3 is 15.3 Å². The van der Waals surface area contributed by atoms with Gasteiger partial charge in [-0.25, -0.2) is 9.78 Å². The lowest BCUT2D eigenvalue weighted by atomic mass is 10.2. The van der Waals surface area contributed by atoms with Crippen molar-refractivity contribution in [2.24, 2.45) is 5.92 Å². The van der Waals surface area contributed by atoms with Gasteiger partial charge in [0.15, 0.2) is 0 Å². The van der Waals surface area contributed by atoms with Crippen molar-refractivity contribution in [3.63, 3.8) is 0 Å². The number of nitrogens with zero attached hydrogens (tertiary/aromatic N) is 2. The molecule has 1 fully saturated rings. The lowest BCUT2D eigenvalue weighted by Crippen LogP contribution is -2.38. The number of likely N-dealkylation sites (N-methyl/N-ethyl adjacent to an activating group) is 1. The highest BCUT2D eigenvalue weighted by Gasteiger charge is 2.31. The molecule has 5 nitrogen and oxygen atoms in total. The molecule has 1 aromatic heterocycles. The van der Waals surface area contributed by atoms with Gasteiger partial charge in [-0.05, 0) is 55.0 Å². The lowest BCUT2D eigenvalue weighted by molar-refractivity contribution is 0.117. The molecule has 128 valence electrons. The van der Waals surface area contributed by atoms with E-state index < -0.39 is 6.10 Å². The first-order chi connectivity index (χ1) is 12.1. The molecule has 2 aromatic rings. The third kappa shape index (κ3) is 5.07. The van der Waals surface area contributed by atoms with Crippen LogP contribution >= 0.6 is 0 Å². The Hall–Kier alpha value is -2.84. The Morgan fingerprint density at radius 2 is 2.16 bits per heavy atom. The molecule has 1 aliphatic carbocycles. The second-order valence-corrected chi connectivity index (χ2v) is 6.26. The molecule has 2 amide bonds. The summed E-state index contributed by atoms with van der Waals surface area (Å²) >= 11 is 0. The Kier molecular flexibility index (Phi) is 5.32. The quantitative estimate of drug-likeness (QED) is 0.845. The van der Waals surface area contributed by atoms with Crippen LogP contribution in [-0.2, 0) is 0 Å². The predicted octanol–water partition coefficient (Wildman–Crippen LogP) is 2.72. The molecule has 0 aliphatic heterocycles. The number of nitrogens with one attached hydrogen (secondary N) is 1. The molecule has 1 aliphatic rings. The Labute approximate surface area is 147 Å². The van der Waals surface area contributed by atoms with Crippen molar-refractivity contribution in [3.05, 3.63) is 59.9 Å². The van der Waals surface area contributed by atoms with E-state index in [2.05, 4.69) is 22.1 Å². The summed E-state index contributed by atoms with van der Waals surface area (Å²) in [5.41, 5.74) is 2.17. The van der Waals surface area contributed by atoms with Crippen molar-refractivity contribution in [2.75, 3.05) is 18.9 Å². The number of anilines is 1. The van der Waals surface area contributed by atoms with E-state index in [-0.39, 0.29) is 6.03 Å². The van der Waals surface area contributed by atoms with Crippen LogP contribution in [0.25, 0.3) is 0 Å². The van der Waals surface area contributed by atoms with Crippen LogP contribution in [0.2, 0.25) is 0 Å². The third-order valence-corrected chi connectivity index (χ3v) is 4.09. The maximum Gasteiger partial charge on any atom is 0.321 e. The number of rotatable bonds is 4. The van der Waals surface area contributed by atoms with Gasteiger partial charge >= 0.3 is 6.03 Å². The topological polar surface area (TPSA) is 65.5 Å². The minimum atomic E-state index is -0.439. The van der Waals surface area contributed by atoms with E-state index in [0.717, 1.165) is 18.4 Å². The third-order valence-electron chi connectivity index (χ3n) is 4.09. The SMILES string of the molecule is CN(CC(O)C1CC1)C(=O)Nc1cccc(C#Cc2ccccn2)c1. The molecule has 5 heteroatoms. The van der Waals surface area contributed by atoms with E-state index in [1.54, 1.807) is 13.2 Å². The standard InChI is InChI=1S/C20H21N3O2/c1-23(14-19(24)16-9-10-16)20(25)22-18-7-4-5-15(13-18)8-11-17-6-2-3-12-21-17/h2-7,12-13,16,19,24H,9-10,14H2,1H3,(H,22,25). The Bertz CT molecular complexity index is 791. The van der Waals surface area contributed by atoms with Gasteiger partial charge in [0.1, 0.15) is 5.69 Å². The van der Waals surface area contributed by atoms with E-state index in [9.17, 15) is 9.90 Å². The Morgan fingerprint density at radius 1 is 1.32 bits per heavy atom. The molecular formula is C20H21N3O2. The smallest absolute Gasteiger partial charge is 0.321 e. The monoisotopic (exact) mass is 335 g/mol. The van der Waals surface area contributed by atoms with Crippen LogP contribution in [0.3, 0.4) is 0 Å². The largest absolute Gasteiger partial charge is 0.391 e. The zero-order valence-electron chi connectivity index (χ0n) is 14.1. The number of urea groups is 1. The van der Waals surface area contributed by atoms with Gasteiger partial charge in [0.25, 0.3) is 0 Å². The van der Waals surface area contributed by atoms with Crippen LogP contribution in [0.1, 0.15) is 24.1 Å². The second kappa shape index (κ2) is 7.82. The molecule has 25 heavy (non-hydrogen) atoms. The molecule has 1 atom stereocenters. The first-order valence-corrected chi connectivity index (χ1v) is 8.35. The van der Waals surface area contributed by atoms with Gasteiger partial charge in [-0.3, -0.25) is 0 Å². The molecule has 0 bridgehead atoms. The summed E-state index contributed by atoms with van der Waals surface area (Å²) in [5, 5.41) is 12.8. The van der Waals surface area contributed by atoms with Gasteiger partial charge in [-0.1, -0.05) is 18.1 Å². The molecule has 1 aromatic carbocycles. The average molecular weight is 335 g/mol. The first-order valence-electron chi connectivity index (χ1n) is 8.35. The minimum absolute atomic E-state index is 0.241. The highest BCUT2D eigenvalue weighted by molar-refractivity contribution is 5.89. The predicted molar refractivity (Wildman–Crippen MR) is 97.0 cm³/mol. The molecular weight excluding hydrogens is 314 g/mol. The van der Waals surface area contributed by atoms with Gasteiger partial charge in [0.05, 0.1) is 6.10 Å².